The maximum Gasteiger partial charge on any atom is 0.234 e. The van der Waals surface area contributed by atoms with Crippen molar-refractivity contribution in [3.8, 4) is 16.8 Å². The third-order valence-electron chi connectivity index (χ3n) is 6.22. The van der Waals surface area contributed by atoms with E-state index in [1.807, 2.05) is 47.2 Å². The van der Waals surface area contributed by atoms with Gasteiger partial charge in [0, 0.05) is 17.6 Å². The molecule has 0 saturated carbocycles. The van der Waals surface area contributed by atoms with Gasteiger partial charge in [-0.15, -0.1) is 21.5 Å². The Labute approximate surface area is 203 Å². The summed E-state index contributed by atoms with van der Waals surface area (Å²) < 4.78 is 1.98. The zero-order valence-electron chi connectivity index (χ0n) is 19.5. The molecule has 2 aromatic heterocycles. The Hall–Kier alpha value is -2.63. The Kier molecular flexibility index (Phi) is 6.91. The molecule has 1 atom stereocenters. The van der Waals surface area contributed by atoms with Crippen molar-refractivity contribution >= 4 is 34.7 Å². The molecule has 172 valence electrons. The molecule has 2 heterocycles. The van der Waals surface area contributed by atoms with Crippen LogP contribution in [0.4, 0.5) is 5.69 Å². The molecule has 8 heteroatoms. The van der Waals surface area contributed by atoms with Crippen molar-refractivity contribution in [3.05, 3.63) is 46.3 Å². The predicted molar refractivity (Wildman–Crippen MR) is 134 cm³/mol. The first kappa shape index (κ1) is 23.5. The van der Waals surface area contributed by atoms with Crippen molar-refractivity contribution in [2.45, 2.75) is 51.6 Å². The van der Waals surface area contributed by atoms with E-state index in [4.69, 9.17) is 5.26 Å². The summed E-state index contributed by atoms with van der Waals surface area (Å²) in [5, 5.41) is 21.1. The Morgan fingerprint density at radius 2 is 2.06 bits per heavy atom. The lowest BCUT2D eigenvalue weighted by Crippen LogP contribution is -2.26. The Balaban J connectivity index is 1.38. The second-order valence-corrected chi connectivity index (χ2v) is 11.7. The van der Waals surface area contributed by atoms with E-state index < -0.39 is 0 Å². The van der Waals surface area contributed by atoms with Gasteiger partial charge in [0.05, 0.1) is 23.1 Å². The fourth-order valence-electron chi connectivity index (χ4n) is 4.15. The van der Waals surface area contributed by atoms with Gasteiger partial charge in [0.15, 0.2) is 11.0 Å². The van der Waals surface area contributed by atoms with Gasteiger partial charge < -0.3 is 9.88 Å². The van der Waals surface area contributed by atoms with Gasteiger partial charge >= 0.3 is 0 Å². The zero-order valence-corrected chi connectivity index (χ0v) is 21.1. The van der Waals surface area contributed by atoms with Crippen LogP contribution < -0.4 is 5.32 Å². The molecule has 0 fully saturated rings. The molecule has 0 spiro atoms. The van der Waals surface area contributed by atoms with Crippen LogP contribution >= 0.6 is 23.1 Å². The van der Waals surface area contributed by atoms with Crippen LogP contribution in [0.1, 0.15) is 43.2 Å². The van der Waals surface area contributed by atoms with Gasteiger partial charge in [-0.05, 0) is 59.9 Å². The van der Waals surface area contributed by atoms with E-state index in [0.717, 1.165) is 40.0 Å². The van der Waals surface area contributed by atoms with Crippen LogP contribution in [0.5, 0.6) is 0 Å². The molecule has 1 aromatic carbocycles. The third-order valence-corrected chi connectivity index (χ3v) is 8.47. The predicted octanol–water partition coefficient (Wildman–Crippen LogP) is 5.49. The van der Waals surface area contributed by atoms with Crippen LogP contribution in [0.25, 0.3) is 10.7 Å². The minimum Gasteiger partial charge on any atom is -0.325 e. The van der Waals surface area contributed by atoms with Gasteiger partial charge in [0.1, 0.15) is 0 Å². The van der Waals surface area contributed by atoms with E-state index in [2.05, 4.69) is 48.4 Å². The van der Waals surface area contributed by atoms with Gasteiger partial charge in [-0.25, -0.2) is 0 Å². The largest absolute Gasteiger partial charge is 0.325 e. The molecule has 0 radical (unpaired) electrons. The Morgan fingerprint density at radius 3 is 2.76 bits per heavy atom. The Bertz CT molecular complexity index is 1180. The number of thioether (sulfide) groups is 1. The number of aromatic nitrogens is 3. The normalized spacial score (nSPS) is 15.7. The smallest absolute Gasteiger partial charge is 0.234 e. The lowest BCUT2D eigenvalue weighted by Gasteiger charge is -2.33. The highest BCUT2D eigenvalue weighted by Gasteiger charge is 2.30. The number of aryl methyl sites for hydroxylation is 1. The van der Waals surface area contributed by atoms with Crippen LogP contribution in [-0.4, -0.2) is 26.4 Å². The number of carbonyl (C=O) groups excluding carboxylic acids is 1. The zero-order chi connectivity index (χ0) is 23.6. The first-order valence-corrected chi connectivity index (χ1v) is 12.9. The topological polar surface area (TPSA) is 83.6 Å². The maximum absolute atomic E-state index is 12.4. The average Bonchev–Trinajstić information content (AvgIpc) is 3.35. The van der Waals surface area contributed by atoms with Crippen molar-refractivity contribution in [1.29, 1.82) is 5.26 Å². The molecule has 1 N–H and O–H groups in total. The highest BCUT2D eigenvalue weighted by molar-refractivity contribution is 7.99. The second-order valence-electron chi connectivity index (χ2n) is 9.60. The molecule has 4 rings (SSSR count). The van der Waals surface area contributed by atoms with Crippen molar-refractivity contribution in [2.75, 3.05) is 11.1 Å². The van der Waals surface area contributed by atoms with Crippen molar-refractivity contribution < 1.29 is 4.79 Å². The van der Waals surface area contributed by atoms with Gasteiger partial charge in [0.2, 0.25) is 5.91 Å². The summed E-state index contributed by atoms with van der Waals surface area (Å²) in [5.74, 6) is 1.72. The summed E-state index contributed by atoms with van der Waals surface area (Å²) in [6.45, 7) is 7.01. The van der Waals surface area contributed by atoms with Crippen LogP contribution in [-0.2, 0) is 31.1 Å². The standard InChI is InChI=1S/C25H29N5OS2/c1-25(2,3)18-7-10-20-17(13-18)14-21(33-20)23-28-29-24(30(23)4)32-15-22(31)27-19-8-5-16(6-9-19)11-12-26/h5-6,8-9,14,18H,7,10-11,13,15H2,1-4H3,(H,27,31). The van der Waals surface area contributed by atoms with Crippen LogP contribution in [0.2, 0.25) is 0 Å². The van der Waals surface area contributed by atoms with E-state index in [9.17, 15) is 4.79 Å². The van der Waals surface area contributed by atoms with E-state index in [-0.39, 0.29) is 11.7 Å². The van der Waals surface area contributed by atoms with E-state index in [1.54, 1.807) is 0 Å². The fourth-order valence-corrected chi connectivity index (χ4v) is 6.09. The number of nitrogens with one attached hydrogen (secondary N) is 1. The molecular formula is C25H29N5OS2. The number of benzene rings is 1. The van der Waals surface area contributed by atoms with Crippen molar-refractivity contribution in [3.63, 3.8) is 0 Å². The number of hydrogen-bond donors (Lipinski definition) is 1. The quantitative estimate of drug-likeness (QED) is 0.473. The summed E-state index contributed by atoms with van der Waals surface area (Å²) in [4.78, 5) is 15.0. The molecule has 3 aromatic rings. The van der Waals surface area contributed by atoms with Gasteiger partial charge in [0.25, 0.3) is 0 Å². The minimum atomic E-state index is -0.0996. The number of nitrogens with zero attached hydrogens (tertiary/aromatic N) is 4. The van der Waals surface area contributed by atoms with Gasteiger partial charge in [-0.3, -0.25) is 4.79 Å². The summed E-state index contributed by atoms with van der Waals surface area (Å²) in [6, 6.07) is 11.7. The number of fused-ring (bicyclic) bond motifs is 1. The number of anilines is 1. The second kappa shape index (κ2) is 9.70. The lowest BCUT2D eigenvalue weighted by molar-refractivity contribution is -0.113. The number of thiophene rings is 1. The monoisotopic (exact) mass is 479 g/mol. The summed E-state index contributed by atoms with van der Waals surface area (Å²) in [6.07, 6.45) is 3.88. The SMILES string of the molecule is Cn1c(SCC(=O)Nc2ccc(CC#N)cc2)nnc1-c1cc2c(s1)CCC(C(C)(C)C)C2. The van der Waals surface area contributed by atoms with Crippen LogP contribution in [0.3, 0.4) is 0 Å². The molecule has 0 aliphatic heterocycles. The molecule has 33 heavy (non-hydrogen) atoms. The van der Waals surface area contributed by atoms with E-state index >= 15 is 0 Å². The highest BCUT2D eigenvalue weighted by Crippen LogP contribution is 2.42. The molecule has 0 bridgehead atoms. The third kappa shape index (κ3) is 5.48. The first-order valence-electron chi connectivity index (χ1n) is 11.1. The number of rotatable bonds is 6. The van der Waals surface area contributed by atoms with Crippen molar-refractivity contribution in [1.82, 2.24) is 14.8 Å². The number of carbonyl (C=O) groups is 1. The number of amides is 1. The summed E-state index contributed by atoms with van der Waals surface area (Å²) in [7, 11) is 1.96. The Morgan fingerprint density at radius 1 is 1.30 bits per heavy atom. The molecular weight excluding hydrogens is 450 g/mol. The molecule has 6 nitrogen and oxygen atoms in total. The molecule has 0 saturated heterocycles. The van der Waals surface area contributed by atoms with Crippen LogP contribution in [0, 0.1) is 22.7 Å². The average molecular weight is 480 g/mol. The fraction of sp³-hybridized carbons (Fsp3) is 0.440. The molecule has 1 aliphatic rings. The molecule has 1 unspecified atom stereocenters. The highest BCUT2D eigenvalue weighted by atomic mass is 32.2. The summed E-state index contributed by atoms with van der Waals surface area (Å²) >= 11 is 3.21. The van der Waals surface area contributed by atoms with Gasteiger partial charge in [-0.2, -0.15) is 5.26 Å². The first-order chi connectivity index (χ1) is 15.7. The van der Waals surface area contributed by atoms with E-state index in [1.165, 1.54) is 28.6 Å². The van der Waals surface area contributed by atoms with E-state index in [0.29, 0.717) is 17.8 Å². The summed E-state index contributed by atoms with van der Waals surface area (Å²) in [5.41, 5.74) is 3.44. The van der Waals surface area contributed by atoms with Gasteiger partial charge in [-0.1, -0.05) is 44.7 Å². The molecule has 1 amide bonds. The molecule has 1 aliphatic carbocycles. The lowest BCUT2D eigenvalue weighted by atomic mass is 9.72. The maximum atomic E-state index is 12.4. The number of nitriles is 1. The van der Waals surface area contributed by atoms with Crippen LogP contribution in [0.15, 0.2) is 35.5 Å². The number of hydrogen-bond acceptors (Lipinski definition) is 6. The minimum absolute atomic E-state index is 0.0996. The van der Waals surface area contributed by atoms with Crippen molar-refractivity contribution in [2.24, 2.45) is 18.4 Å².